The summed E-state index contributed by atoms with van der Waals surface area (Å²) in [4.78, 5) is 17.6. The zero-order chi connectivity index (χ0) is 11.9. The first-order valence-corrected chi connectivity index (χ1v) is 5.36. The fraction of sp³-hybridized carbons (Fsp3) is 0.636. The predicted octanol–water partition coefficient (Wildman–Crippen LogP) is 0.905. The molecule has 2 heterocycles. The lowest BCUT2D eigenvalue weighted by Crippen LogP contribution is -2.37. The number of ether oxygens (including phenoxy) is 1. The molecule has 0 saturated carbocycles. The zero-order valence-corrected chi connectivity index (χ0v) is 9.91. The number of hydrogen-bond acceptors (Lipinski definition) is 4. The molecule has 0 spiro atoms. The summed E-state index contributed by atoms with van der Waals surface area (Å²) in [7, 11) is 0. The first kappa shape index (κ1) is 11.0. The van der Waals surface area contributed by atoms with Crippen LogP contribution in [0.1, 0.15) is 20.8 Å². The second-order valence-corrected chi connectivity index (χ2v) is 5.12. The minimum Gasteiger partial charge on any atom is -0.444 e. The number of nitrogens with two attached hydrogens (primary N) is 1. The molecule has 0 radical (unpaired) electrons. The summed E-state index contributed by atoms with van der Waals surface area (Å²) in [5.74, 6) is 0.570. The van der Waals surface area contributed by atoms with Crippen molar-refractivity contribution in [3.05, 3.63) is 11.1 Å². The van der Waals surface area contributed by atoms with Crippen molar-refractivity contribution in [2.45, 2.75) is 26.4 Å². The van der Waals surface area contributed by atoms with Gasteiger partial charge in [-0.3, -0.25) is 9.89 Å². The van der Waals surface area contributed by atoms with Gasteiger partial charge in [0.1, 0.15) is 11.4 Å². The van der Waals surface area contributed by atoms with Crippen LogP contribution >= 0.6 is 0 Å². The lowest BCUT2D eigenvalue weighted by Gasteiger charge is -2.24. The van der Waals surface area contributed by atoms with E-state index in [4.69, 9.17) is 10.5 Å². The van der Waals surface area contributed by atoms with Crippen molar-refractivity contribution in [3.8, 4) is 0 Å². The molecule has 1 amide bonds. The van der Waals surface area contributed by atoms with Gasteiger partial charge in [0.15, 0.2) is 0 Å². The highest BCUT2D eigenvalue weighted by Crippen LogP contribution is 2.24. The van der Waals surface area contributed by atoms with Gasteiger partial charge in [-0.25, -0.2) is 4.79 Å². The Morgan fingerprint density at radius 3 is 2.69 bits per heavy atom. The predicted molar refractivity (Wildman–Crippen MR) is 61.3 cm³/mol. The Morgan fingerprint density at radius 2 is 2.12 bits per heavy atom. The van der Waals surface area contributed by atoms with E-state index in [0.29, 0.717) is 25.5 Å². The van der Waals surface area contributed by atoms with Crippen molar-refractivity contribution in [1.82, 2.24) is 4.90 Å². The van der Waals surface area contributed by atoms with Gasteiger partial charge in [-0.1, -0.05) is 0 Å². The van der Waals surface area contributed by atoms with Crippen molar-refractivity contribution >= 4 is 11.9 Å². The molecular formula is C11H17N3O2. The Labute approximate surface area is 95.0 Å². The second-order valence-electron chi connectivity index (χ2n) is 5.12. The fourth-order valence-corrected chi connectivity index (χ4v) is 1.82. The van der Waals surface area contributed by atoms with Gasteiger partial charge in [-0.05, 0) is 26.3 Å². The normalized spacial score (nSPS) is 19.9. The molecule has 0 bridgehead atoms. The molecule has 5 heteroatoms. The van der Waals surface area contributed by atoms with Crippen LogP contribution in [0.4, 0.5) is 4.79 Å². The van der Waals surface area contributed by atoms with Crippen molar-refractivity contribution in [2.24, 2.45) is 10.7 Å². The lowest BCUT2D eigenvalue weighted by atomic mass is 10.2. The second kappa shape index (κ2) is 3.50. The molecule has 16 heavy (non-hydrogen) atoms. The van der Waals surface area contributed by atoms with Gasteiger partial charge in [-0.15, -0.1) is 0 Å². The number of rotatable bonds is 0. The highest BCUT2D eigenvalue weighted by Gasteiger charge is 2.32. The van der Waals surface area contributed by atoms with Gasteiger partial charge in [0.25, 0.3) is 0 Å². The fourth-order valence-electron chi connectivity index (χ4n) is 1.82. The molecule has 0 aromatic heterocycles. The molecular weight excluding hydrogens is 206 g/mol. The van der Waals surface area contributed by atoms with Gasteiger partial charge in [0.05, 0.1) is 13.1 Å². The third-order valence-electron chi connectivity index (χ3n) is 2.56. The third kappa shape index (κ3) is 2.03. The molecule has 2 N–H and O–H groups in total. The van der Waals surface area contributed by atoms with Crippen molar-refractivity contribution < 1.29 is 9.53 Å². The van der Waals surface area contributed by atoms with Gasteiger partial charge in [0, 0.05) is 12.1 Å². The van der Waals surface area contributed by atoms with Crippen LogP contribution in [-0.2, 0) is 4.74 Å². The SMILES string of the molecule is CC(C)(C)OC(=O)N1CC2=C(C1)C(N)=NC2. The van der Waals surface area contributed by atoms with Crippen molar-refractivity contribution in [1.29, 1.82) is 0 Å². The number of nitrogens with zero attached hydrogens (tertiary/aromatic N) is 2. The van der Waals surface area contributed by atoms with E-state index in [-0.39, 0.29) is 6.09 Å². The molecule has 0 fully saturated rings. The summed E-state index contributed by atoms with van der Waals surface area (Å²) in [5, 5.41) is 0. The van der Waals surface area contributed by atoms with E-state index in [0.717, 1.165) is 11.1 Å². The summed E-state index contributed by atoms with van der Waals surface area (Å²) in [6.07, 6.45) is -0.283. The van der Waals surface area contributed by atoms with Gasteiger partial charge < -0.3 is 10.5 Å². The summed E-state index contributed by atoms with van der Waals surface area (Å²) < 4.78 is 5.30. The molecule has 2 aliphatic heterocycles. The maximum atomic E-state index is 11.8. The molecule has 0 saturated heterocycles. The third-order valence-corrected chi connectivity index (χ3v) is 2.56. The molecule has 0 aliphatic carbocycles. The quantitative estimate of drug-likeness (QED) is 0.663. The van der Waals surface area contributed by atoms with Crippen LogP contribution in [0.5, 0.6) is 0 Å². The van der Waals surface area contributed by atoms with Crippen LogP contribution in [0.2, 0.25) is 0 Å². The number of carbonyl (C=O) groups is 1. The summed E-state index contributed by atoms with van der Waals surface area (Å²) >= 11 is 0. The average molecular weight is 223 g/mol. The first-order chi connectivity index (χ1) is 7.37. The van der Waals surface area contributed by atoms with E-state index in [1.54, 1.807) is 4.90 Å². The van der Waals surface area contributed by atoms with Crippen LogP contribution in [-0.4, -0.2) is 42.1 Å². The number of hydrogen-bond donors (Lipinski definition) is 1. The monoisotopic (exact) mass is 223 g/mol. The Kier molecular flexibility index (Phi) is 2.40. The molecule has 2 aliphatic rings. The average Bonchev–Trinajstić information content (AvgIpc) is 2.65. The van der Waals surface area contributed by atoms with Crippen molar-refractivity contribution in [3.63, 3.8) is 0 Å². The van der Waals surface area contributed by atoms with Crippen LogP contribution in [0.25, 0.3) is 0 Å². The van der Waals surface area contributed by atoms with Crippen LogP contribution in [0.3, 0.4) is 0 Å². The Balaban J connectivity index is 1.97. The Hall–Kier alpha value is -1.52. The van der Waals surface area contributed by atoms with E-state index in [1.165, 1.54) is 0 Å². The standard InChI is InChI=1S/C11H17N3O2/c1-11(2,3)16-10(15)14-5-7-4-13-9(12)8(7)6-14/h4-6H2,1-3H3,(H2,12,13). The number of amidine groups is 1. The molecule has 88 valence electrons. The highest BCUT2D eigenvalue weighted by molar-refractivity contribution is 6.01. The van der Waals surface area contributed by atoms with Gasteiger partial charge in [-0.2, -0.15) is 0 Å². The maximum absolute atomic E-state index is 11.8. The lowest BCUT2D eigenvalue weighted by molar-refractivity contribution is 0.0300. The van der Waals surface area contributed by atoms with E-state index in [9.17, 15) is 4.79 Å². The van der Waals surface area contributed by atoms with Crippen LogP contribution in [0, 0.1) is 0 Å². The summed E-state index contributed by atoms with van der Waals surface area (Å²) in [6.45, 7) is 7.32. The zero-order valence-electron chi connectivity index (χ0n) is 9.91. The minimum atomic E-state index is -0.455. The summed E-state index contributed by atoms with van der Waals surface area (Å²) in [5.41, 5.74) is 7.42. The topological polar surface area (TPSA) is 67.9 Å². The largest absolute Gasteiger partial charge is 0.444 e. The van der Waals surface area contributed by atoms with Gasteiger partial charge >= 0.3 is 6.09 Å². The molecule has 5 nitrogen and oxygen atoms in total. The van der Waals surface area contributed by atoms with Crippen molar-refractivity contribution in [2.75, 3.05) is 19.6 Å². The van der Waals surface area contributed by atoms with E-state index in [2.05, 4.69) is 4.99 Å². The number of aliphatic imine (C=N–C) groups is 1. The minimum absolute atomic E-state index is 0.283. The maximum Gasteiger partial charge on any atom is 0.410 e. The number of amides is 1. The smallest absolute Gasteiger partial charge is 0.410 e. The Bertz CT molecular complexity index is 391. The molecule has 0 aromatic carbocycles. The Morgan fingerprint density at radius 1 is 1.44 bits per heavy atom. The van der Waals surface area contributed by atoms with E-state index >= 15 is 0 Å². The molecule has 0 unspecified atom stereocenters. The van der Waals surface area contributed by atoms with Gasteiger partial charge in [0.2, 0.25) is 0 Å². The summed E-state index contributed by atoms with van der Waals surface area (Å²) in [6, 6.07) is 0. The molecule has 0 atom stereocenters. The molecule has 0 aromatic rings. The highest BCUT2D eigenvalue weighted by atomic mass is 16.6. The first-order valence-electron chi connectivity index (χ1n) is 5.36. The van der Waals surface area contributed by atoms with E-state index in [1.807, 2.05) is 20.8 Å². The number of carbonyl (C=O) groups excluding carboxylic acids is 1. The molecule has 2 rings (SSSR count). The van der Waals surface area contributed by atoms with E-state index < -0.39 is 5.60 Å². The van der Waals surface area contributed by atoms with Crippen LogP contribution in [0.15, 0.2) is 16.1 Å². The van der Waals surface area contributed by atoms with Crippen LogP contribution < -0.4 is 5.73 Å².